The van der Waals surface area contributed by atoms with E-state index in [9.17, 15) is 24.9 Å². The van der Waals surface area contributed by atoms with Crippen LogP contribution in [-0.2, 0) is 16.2 Å². The molecular formula is C36H54N4O7. The molecule has 11 heteroatoms. The highest BCUT2D eigenvalue weighted by Crippen LogP contribution is 2.44. The highest BCUT2D eigenvalue weighted by molar-refractivity contribution is 5.97. The van der Waals surface area contributed by atoms with E-state index in [1.54, 1.807) is 31.2 Å². The third-order valence-corrected chi connectivity index (χ3v) is 10.2. The lowest BCUT2D eigenvalue weighted by molar-refractivity contribution is -0.182. The molecule has 2 aliphatic rings. The van der Waals surface area contributed by atoms with Gasteiger partial charge >= 0.3 is 0 Å². The smallest absolute Gasteiger partial charge is 0.251 e. The molecule has 5 N–H and O–H groups in total. The summed E-state index contributed by atoms with van der Waals surface area (Å²) in [6.45, 7) is 10.4. The monoisotopic (exact) mass is 654 g/mol. The number of para-hydroxylation sites is 1. The Bertz CT molecular complexity index is 1400. The van der Waals surface area contributed by atoms with E-state index in [-0.39, 0.29) is 55.5 Å². The second-order valence-electron chi connectivity index (χ2n) is 14.2. The van der Waals surface area contributed by atoms with Crippen LogP contribution in [0.2, 0.25) is 0 Å². The molecule has 1 heterocycles. The number of anilines is 1. The third kappa shape index (κ3) is 8.09. The molecule has 7 atom stereocenters. The van der Waals surface area contributed by atoms with Crippen LogP contribution in [0.25, 0.3) is 11.1 Å². The van der Waals surface area contributed by atoms with Gasteiger partial charge in [-0.15, -0.1) is 0 Å². The Hall–Kier alpha value is -3.22. The minimum absolute atomic E-state index is 0.0131. The van der Waals surface area contributed by atoms with Crippen LogP contribution >= 0.6 is 0 Å². The number of methoxy groups -OCH3 is 1. The molecule has 2 aromatic carbocycles. The van der Waals surface area contributed by atoms with Gasteiger partial charge in [-0.25, -0.2) is 0 Å². The topological polar surface area (TPSA) is 144 Å². The maximum Gasteiger partial charge on any atom is 0.251 e. The van der Waals surface area contributed by atoms with Crippen molar-refractivity contribution in [2.45, 2.75) is 78.3 Å². The van der Waals surface area contributed by atoms with Crippen molar-refractivity contribution in [1.29, 1.82) is 0 Å². The van der Waals surface area contributed by atoms with E-state index in [1.807, 2.05) is 43.3 Å². The summed E-state index contributed by atoms with van der Waals surface area (Å²) < 4.78 is 5.97. The average Bonchev–Trinajstić information content (AvgIpc) is 3.40. The number of hydroxylamine groups is 2. The van der Waals surface area contributed by atoms with E-state index >= 15 is 0 Å². The molecule has 0 bridgehead atoms. The van der Waals surface area contributed by atoms with Crippen molar-refractivity contribution in [2.24, 2.45) is 23.2 Å². The number of carbonyl (C=O) groups is 2. The van der Waals surface area contributed by atoms with Gasteiger partial charge in [-0.3, -0.25) is 14.4 Å². The molecule has 1 aliphatic carbocycles. The first kappa shape index (κ1) is 36.6. The molecule has 0 radical (unpaired) electrons. The number of benzene rings is 2. The molecule has 2 aromatic rings. The van der Waals surface area contributed by atoms with E-state index in [0.717, 1.165) is 35.2 Å². The summed E-state index contributed by atoms with van der Waals surface area (Å²) in [5, 5.41) is 37.9. The van der Waals surface area contributed by atoms with Crippen LogP contribution in [0.15, 0.2) is 36.4 Å². The zero-order chi connectivity index (χ0) is 34.6. The standard InChI is InChI=1S/C36H54N4O7/c1-21-18-36(4,5)22(2)14-29(21)38-35(45)32-31(23(3)43)30(20-42)47-40(32)19-24-10-9-11-28(33(24)46-8)25-15-26(34(44)37-12-13-41)17-27(16-25)39(6)7/h9-11,15-17,21-23,29-32,41-43H,12-14,18-20H2,1-8H3,(H,37,44)(H,38,45)/t21-,22+,23-,29-,30-,31-,32?/m0/s1. The van der Waals surface area contributed by atoms with Gasteiger partial charge in [0, 0.05) is 55.0 Å². The van der Waals surface area contributed by atoms with Crippen molar-refractivity contribution in [1.82, 2.24) is 15.7 Å². The van der Waals surface area contributed by atoms with E-state index in [1.165, 1.54) is 0 Å². The van der Waals surface area contributed by atoms with Crippen LogP contribution in [0, 0.1) is 23.2 Å². The first-order valence-electron chi connectivity index (χ1n) is 16.6. The second-order valence-corrected chi connectivity index (χ2v) is 14.2. The minimum atomic E-state index is -0.910. The Balaban J connectivity index is 1.69. The Morgan fingerprint density at radius 2 is 1.89 bits per heavy atom. The van der Waals surface area contributed by atoms with Gasteiger partial charge in [-0.05, 0) is 60.8 Å². The fourth-order valence-corrected chi connectivity index (χ4v) is 7.22. The predicted octanol–water partition coefficient (Wildman–Crippen LogP) is 3.20. The van der Waals surface area contributed by atoms with Crippen molar-refractivity contribution >= 4 is 17.5 Å². The number of amides is 2. The van der Waals surface area contributed by atoms with Gasteiger partial charge in [0.15, 0.2) is 0 Å². The first-order valence-corrected chi connectivity index (χ1v) is 16.6. The zero-order valence-electron chi connectivity index (χ0n) is 29.1. The van der Waals surface area contributed by atoms with Gasteiger partial charge in [-0.2, -0.15) is 5.06 Å². The van der Waals surface area contributed by atoms with Crippen LogP contribution in [0.1, 0.15) is 63.4 Å². The lowest BCUT2D eigenvalue weighted by Crippen LogP contribution is -2.55. The molecule has 2 fully saturated rings. The van der Waals surface area contributed by atoms with E-state index in [2.05, 4.69) is 38.3 Å². The highest BCUT2D eigenvalue weighted by Gasteiger charge is 2.50. The fraction of sp³-hybridized carbons (Fsp3) is 0.611. The molecule has 1 unspecified atom stereocenters. The number of nitrogens with one attached hydrogen (secondary N) is 2. The van der Waals surface area contributed by atoms with Crippen molar-refractivity contribution in [3.63, 3.8) is 0 Å². The predicted molar refractivity (Wildman–Crippen MR) is 182 cm³/mol. The quantitative estimate of drug-likeness (QED) is 0.233. The molecule has 1 saturated heterocycles. The van der Waals surface area contributed by atoms with Gasteiger partial charge < -0.3 is 35.6 Å². The van der Waals surface area contributed by atoms with E-state index in [4.69, 9.17) is 9.57 Å². The van der Waals surface area contributed by atoms with Gasteiger partial charge in [-0.1, -0.05) is 45.9 Å². The van der Waals surface area contributed by atoms with Gasteiger partial charge in [0.25, 0.3) is 5.91 Å². The summed E-state index contributed by atoms with van der Waals surface area (Å²) in [7, 11) is 5.36. The number of aliphatic hydroxyl groups excluding tert-OH is 3. The number of rotatable bonds is 12. The number of nitrogens with zero attached hydrogens (tertiary/aromatic N) is 2. The van der Waals surface area contributed by atoms with E-state index < -0.39 is 24.2 Å². The van der Waals surface area contributed by atoms with Crippen molar-refractivity contribution in [2.75, 3.05) is 45.9 Å². The summed E-state index contributed by atoms with van der Waals surface area (Å²) in [6, 6.07) is 10.3. The van der Waals surface area contributed by atoms with Crippen LogP contribution in [0.5, 0.6) is 5.75 Å². The van der Waals surface area contributed by atoms with Crippen LogP contribution in [0.3, 0.4) is 0 Å². The molecule has 1 aliphatic heterocycles. The molecule has 260 valence electrons. The van der Waals surface area contributed by atoms with Crippen LogP contribution in [0.4, 0.5) is 5.69 Å². The van der Waals surface area contributed by atoms with Crippen LogP contribution < -0.4 is 20.3 Å². The molecule has 2 amide bonds. The van der Waals surface area contributed by atoms with Gasteiger partial charge in [0.05, 0.1) is 33.0 Å². The molecular weight excluding hydrogens is 600 g/mol. The van der Waals surface area contributed by atoms with Crippen molar-refractivity contribution < 1.29 is 34.5 Å². The molecule has 47 heavy (non-hydrogen) atoms. The third-order valence-electron chi connectivity index (χ3n) is 10.2. The number of hydrogen-bond donors (Lipinski definition) is 5. The lowest BCUT2D eigenvalue weighted by Gasteiger charge is -2.45. The zero-order valence-corrected chi connectivity index (χ0v) is 29.1. The summed E-state index contributed by atoms with van der Waals surface area (Å²) in [4.78, 5) is 35.1. The number of hydrogen-bond acceptors (Lipinski definition) is 9. The first-order chi connectivity index (χ1) is 22.2. The SMILES string of the molecule is COc1c(CN2O[C@@H](CO)[C@H]([C@H](C)O)C2C(=O)N[C@H]2C[C@@H](C)C(C)(C)C[C@@H]2C)cccc1-c1cc(C(=O)NCCO)cc(N(C)C)c1. The molecule has 1 saturated carbocycles. The summed E-state index contributed by atoms with van der Waals surface area (Å²) in [6.07, 6.45) is 0.177. The second kappa shape index (κ2) is 15.3. The molecule has 0 spiro atoms. The van der Waals surface area contributed by atoms with Gasteiger partial charge in [0.2, 0.25) is 5.91 Å². The largest absolute Gasteiger partial charge is 0.496 e. The normalized spacial score (nSPS) is 26.4. The minimum Gasteiger partial charge on any atom is -0.496 e. The highest BCUT2D eigenvalue weighted by atomic mass is 16.7. The number of carbonyl (C=O) groups excluding carboxylic acids is 2. The fourth-order valence-electron chi connectivity index (χ4n) is 7.22. The average molecular weight is 655 g/mol. The Morgan fingerprint density at radius 1 is 1.17 bits per heavy atom. The Labute approximate surface area is 279 Å². The molecule has 4 rings (SSSR count). The summed E-state index contributed by atoms with van der Waals surface area (Å²) in [5.41, 5.74) is 3.65. The Morgan fingerprint density at radius 3 is 2.51 bits per heavy atom. The Kier molecular flexibility index (Phi) is 11.9. The summed E-state index contributed by atoms with van der Waals surface area (Å²) >= 11 is 0. The van der Waals surface area contributed by atoms with Crippen molar-refractivity contribution in [3.8, 4) is 16.9 Å². The lowest BCUT2D eigenvalue weighted by atomic mass is 9.64. The molecule has 11 nitrogen and oxygen atoms in total. The molecule has 0 aromatic heterocycles. The maximum absolute atomic E-state index is 14.1. The number of ether oxygens (including phenoxy) is 1. The van der Waals surface area contributed by atoms with Crippen molar-refractivity contribution in [3.05, 3.63) is 47.5 Å². The number of aliphatic hydroxyl groups is 3. The summed E-state index contributed by atoms with van der Waals surface area (Å²) in [5.74, 6) is 0.0669. The van der Waals surface area contributed by atoms with Crippen LogP contribution in [-0.4, -0.2) is 97.5 Å². The van der Waals surface area contributed by atoms with Gasteiger partial charge in [0.1, 0.15) is 17.9 Å². The maximum atomic E-state index is 14.1. The van der Waals surface area contributed by atoms with E-state index in [0.29, 0.717) is 17.2 Å².